The fourth-order valence-corrected chi connectivity index (χ4v) is 2.94. The van der Waals surface area contributed by atoms with Gasteiger partial charge in [0.2, 0.25) is 5.91 Å². The highest BCUT2D eigenvalue weighted by Crippen LogP contribution is 2.42. The van der Waals surface area contributed by atoms with Crippen LogP contribution >= 0.6 is 0 Å². The number of fused-ring (bicyclic) bond motifs is 1. The molecule has 0 fully saturated rings. The van der Waals surface area contributed by atoms with Crippen molar-refractivity contribution in [1.82, 2.24) is 5.32 Å². The number of carbonyl (C=O) groups is 1. The van der Waals surface area contributed by atoms with E-state index in [0.717, 1.165) is 36.3 Å². The van der Waals surface area contributed by atoms with Crippen LogP contribution in [0.2, 0.25) is 0 Å². The Hall–Kier alpha value is -1.29. The summed E-state index contributed by atoms with van der Waals surface area (Å²) in [6.07, 6.45) is 3.09. The van der Waals surface area contributed by atoms with E-state index in [1.807, 2.05) is 13.8 Å². The topological polar surface area (TPSA) is 68.3 Å². The van der Waals surface area contributed by atoms with Crippen LogP contribution in [0.25, 0.3) is 0 Å². The van der Waals surface area contributed by atoms with Crippen molar-refractivity contribution in [2.75, 3.05) is 0 Å². The summed E-state index contributed by atoms with van der Waals surface area (Å²) >= 11 is 0. The molecule has 4 heteroatoms. The van der Waals surface area contributed by atoms with Crippen molar-refractivity contribution in [3.8, 4) is 0 Å². The van der Waals surface area contributed by atoms with E-state index < -0.39 is 0 Å². The van der Waals surface area contributed by atoms with Gasteiger partial charge in [-0.25, -0.2) is 0 Å². The Balaban J connectivity index is 2.09. The molecule has 1 aliphatic rings. The van der Waals surface area contributed by atoms with E-state index in [4.69, 9.17) is 10.2 Å². The number of rotatable bonds is 4. The van der Waals surface area contributed by atoms with E-state index in [2.05, 4.69) is 25.2 Å². The molecular weight excluding hydrogens is 252 g/mol. The lowest BCUT2D eigenvalue weighted by Crippen LogP contribution is -2.36. The number of furan rings is 1. The molecule has 3 N–H and O–H groups in total. The first-order chi connectivity index (χ1) is 9.27. The van der Waals surface area contributed by atoms with Crippen molar-refractivity contribution in [3.63, 3.8) is 0 Å². The number of carbonyl (C=O) groups excluding carboxylic acids is 1. The smallest absolute Gasteiger partial charge is 0.220 e. The highest BCUT2D eigenvalue weighted by Gasteiger charge is 2.35. The first-order valence-corrected chi connectivity index (χ1v) is 7.41. The summed E-state index contributed by atoms with van der Waals surface area (Å²) in [5.41, 5.74) is 7.00. The minimum atomic E-state index is 0.0618. The lowest BCUT2D eigenvalue weighted by molar-refractivity contribution is -0.122. The molecule has 2 unspecified atom stereocenters. The zero-order valence-corrected chi connectivity index (χ0v) is 13.0. The molecule has 1 aliphatic carbocycles. The SMILES string of the molecule is Cc1cc2c(o1)CC(C)(C)CC2NC(=O)CCC(C)N. The van der Waals surface area contributed by atoms with Crippen LogP contribution in [-0.4, -0.2) is 11.9 Å². The normalized spacial score (nSPS) is 22.1. The lowest BCUT2D eigenvalue weighted by Gasteiger charge is -2.34. The zero-order valence-electron chi connectivity index (χ0n) is 13.0. The van der Waals surface area contributed by atoms with E-state index in [1.165, 1.54) is 0 Å². The second-order valence-electron chi connectivity index (χ2n) is 6.92. The van der Waals surface area contributed by atoms with E-state index in [1.54, 1.807) is 0 Å². The summed E-state index contributed by atoms with van der Waals surface area (Å²) in [6.45, 7) is 8.32. The third kappa shape index (κ3) is 3.63. The maximum atomic E-state index is 12.0. The Labute approximate surface area is 121 Å². The minimum Gasteiger partial charge on any atom is -0.466 e. The molecule has 2 atom stereocenters. The van der Waals surface area contributed by atoms with Crippen molar-refractivity contribution < 1.29 is 9.21 Å². The van der Waals surface area contributed by atoms with Gasteiger partial charge in [-0.15, -0.1) is 0 Å². The standard InChI is InChI=1S/C16H26N2O2/c1-10(17)5-6-15(19)18-13-8-16(3,4)9-14-12(13)7-11(2)20-14/h7,10,13H,5-6,8-9,17H2,1-4H3,(H,18,19). The van der Waals surface area contributed by atoms with Gasteiger partial charge in [-0.05, 0) is 38.2 Å². The molecular formula is C16H26N2O2. The van der Waals surface area contributed by atoms with Gasteiger partial charge >= 0.3 is 0 Å². The van der Waals surface area contributed by atoms with Crippen LogP contribution in [0.1, 0.15) is 63.2 Å². The van der Waals surface area contributed by atoms with E-state index in [9.17, 15) is 4.79 Å². The van der Waals surface area contributed by atoms with Gasteiger partial charge in [0.05, 0.1) is 6.04 Å². The monoisotopic (exact) mass is 278 g/mol. The van der Waals surface area contributed by atoms with Gasteiger partial charge in [-0.2, -0.15) is 0 Å². The van der Waals surface area contributed by atoms with E-state index in [0.29, 0.717) is 6.42 Å². The molecule has 2 rings (SSSR count). The average Bonchev–Trinajstić information content (AvgIpc) is 2.65. The summed E-state index contributed by atoms with van der Waals surface area (Å²) in [7, 11) is 0. The molecule has 1 heterocycles. The first kappa shape index (κ1) is 15.1. The van der Waals surface area contributed by atoms with E-state index >= 15 is 0 Å². The number of aryl methyl sites for hydroxylation is 1. The maximum absolute atomic E-state index is 12.0. The average molecular weight is 278 g/mol. The Morgan fingerprint density at radius 2 is 2.30 bits per heavy atom. The molecule has 0 aromatic carbocycles. The van der Waals surface area contributed by atoms with Gasteiger partial charge in [-0.3, -0.25) is 4.79 Å². The Kier molecular flexibility index (Phi) is 4.23. The van der Waals surface area contributed by atoms with Crippen molar-refractivity contribution in [2.45, 2.75) is 65.5 Å². The van der Waals surface area contributed by atoms with Gasteiger partial charge in [0.15, 0.2) is 0 Å². The fraction of sp³-hybridized carbons (Fsp3) is 0.688. The molecule has 0 spiro atoms. The Bertz CT molecular complexity index is 489. The van der Waals surface area contributed by atoms with Crippen molar-refractivity contribution in [3.05, 3.63) is 23.2 Å². The molecule has 4 nitrogen and oxygen atoms in total. The van der Waals surface area contributed by atoms with Crippen LogP contribution in [0.15, 0.2) is 10.5 Å². The fourth-order valence-electron chi connectivity index (χ4n) is 2.94. The number of nitrogens with two attached hydrogens (primary N) is 1. The summed E-state index contributed by atoms with van der Waals surface area (Å²) < 4.78 is 5.78. The maximum Gasteiger partial charge on any atom is 0.220 e. The molecule has 0 saturated carbocycles. The van der Waals surface area contributed by atoms with E-state index in [-0.39, 0.29) is 23.4 Å². The third-order valence-corrected chi connectivity index (χ3v) is 3.90. The van der Waals surface area contributed by atoms with Crippen molar-refractivity contribution in [1.29, 1.82) is 0 Å². The van der Waals surface area contributed by atoms with Crippen molar-refractivity contribution in [2.24, 2.45) is 11.1 Å². The third-order valence-electron chi connectivity index (χ3n) is 3.90. The summed E-state index contributed by atoms with van der Waals surface area (Å²) in [4.78, 5) is 12.0. The Morgan fingerprint density at radius 1 is 1.60 bits per heavy atom. The molecule has 0 bridgehead atoms. The van der Waals surface area contributed by atoms with Gasteiger partial charge in [0.1, 0.15) is 11.5 Å². The number of amides is 1. The summed E-state index contributed by atoms with van der Waals surface area (Å²) in [5.74, 6) is 2.02. The predicted octanol–water partition coefficient (Wildman–Crippen LogP) is 2.85. The zero-order chi connectivity index (χ0) is 14.9. The van der Waals surface area contributed by atoms with Gasteiger partial charge in [0, 0.05) is 24.4 Å². The van der Waals surface area contributed by atoms with Crippen LogP contribution in [-0.2, 0) is 11.2 Å². The molecule has 0 aliphatic heterocycles. The molecule has 0 saturated heterocycles. The largest absolute Gasteiger partial charge is 0.466 e. The van der Waals surface area contributed by atoms with Crippen LogP contribution in [0, 0.1) is 12.3 Å². The second-order valence-corrected chi connectivity index (χ2v) is 6.92. The van der Waals surface area contributed by atoms with Gasteiger partial charge < -0.3 is 15.5 Å². The summed E-state index contributed by atoms with van der Waals surface area (Å²) in [6, 6.07) is 2.18. The Morgan fingerprint density at radius 3 is 2.95 bits per heavy atom. The van der Waals surface area contributed by atoms with Crippen LogP contribution in [0.5, 0.6) is 0 Å². The number of hydrogen-bond acceptors (Lipinski definition) is 3. The predicted molar refractivity (Wildman–Crippen MR) is 79.3 cm³/mol. The second kappa shape index (κ2) is 5.60. The lowest BCUT2D eigenvalue weighted by atomic mass is 9.74. The number of nitrogens with one attached hydrogen (secondary N) is 1. The van der Waals surface area contributed by atoms with Crippen LogP contribution in [0.3, 0.4) is 0 Å². The first-order valence-electron chi connectivity index (χ1n) is 7.41. The van der Waals surface area contributed by atoms with Crippen molar-refractivity contribution >= 4 is 5.91 Å². The molecule has 112 valence electrons. The minimum absolute atomic E-state index is 0.0618. The molecule has 1 amide bonds. The molecule has 1 aromatic rings. The highest BCUT2D eigenvalue weighted by atomic mass is 16.3. The van der Waals surface area contributed by atoms with Crippen LogP contribution < -0.4 is 11.1 Å². The summed E-state index contributed by atoms with van der Waals surface area (Å²) in [5, 5.41) is 3.14. The molecule has 1 aromatic heterocycles. The molecule has 0 radical (unpaired) electrons. The quantitative estimate of drug-likeness (QED) is 0.890. The van der Waals surface area contributed by atoms with Gasteiger partial charge in [-0.1, -0.05) is 13.8 Å². The molecule has 20 heavy (non-hydrogen) atoms. The number of hydrogen-bond donors (Lipinski definition) is 2. The highest BCUT2D eigenvalue weighted by molar-refractivity contribution is 5.76. The van der Waals surface area contributed by atoms with Crippen LogP contribution in [0.4, 0.5) is 0 Å². The van der Waals surface area contributed by atoms with Gasteiger partial charge in [0.25, 0.3) is 0 Å².